The van der Waals surface area contributed by atoms with Crippen LogP contribution in [0.15, 0.2) is 29.2 Å². The number of halogens is 1. The maximum absolute atomic E-state index is 12.6. The summed E-state index contributed by atoms with van der Waals surface area (Å²) in [5, 5.41) is 0.564. The molecule has 5 heteroatoms. The molecule has 0 spiro atoms. The molecule has 1 saturated carbocycles. The average molecular weight is 286 g/mol. The Kier molecular flexibility index (Phi) is 3.12. The van der Waals surface area contributed by atoms with Crippen molar-refractivity contribution in [2.24, 2.45) is 5.92 Å². The van der Waals surface area contributed by atoms with Crippen LogP contribution in [0.5, 0.6) is 0 Å². The van der Waals surface area contributed by atoms with Crippen molar-refractivity contribution < 1.29 is 8.42 Å². The molecular formula is C13H16ClNO2S. The molecule has 1 heterocycles. The number of hydrogen-bond acceptors (Lipinski definition) is 2. The maximum atomic E-state index is 12.6. The molecule has 3 nitrogen and oxygen atoms in total. The highest BCUT2D eigenvalue weighted by atomic mass is 35.5. The fourth-order valence-corrected chi connectivity index (χ4v) is 4.64. The molecule has 18 heavy (non-hydrogen) atoms. The third-order valence-corrected chi connectivity index (χ3v) is 6.03. The van der Waals surface area contributed by atoms with E-state index in [1.165, 1.54) is 12.8 Å². The van der Waals surface area contributed by atoms with E-state index < -0.39 is 10.0 Å². The lowest BCUT2D eigenvalue weighted by Crippen LogP contribution is -2.36. The summed E-state index contributed by atoms with van der Waals surface area (Å²) in [6.45, 7) is 0.659. The summed E-state index contributed by atoms with van der Waals surface area (Å²) in [5.41, 5.74) is 0. The number of sulfonamides is 1. The molecule has 0 aromatic heterocycles. The van der Waals surface area contributed by atoms with Gasteiger partial charge in [-0.1, -0.05) is 11.6 Å². The first-order valence-electron chi connectivity index (χ1n) is 6.36. The van der Waals surface area contributed by atoms with E-state index in [4.69, 9.17) is 11.6 Å². The van der Waals surface area contributed by atoms with E-state index in [0.717, 1.165) is 12.8 Å². The second kappa shape index (κ2) is 4.51. The summed E-state index contributed by atoms with van der Waals surface area (Å²) >= 11 is 5.80. The molecule has 1 aromatic rings. The van der Waals surface area contributed by atoms with Gasteiger partial charge in [-0.25, -0.2) is 8.42 Å². The van der Waals surface area contributed by atoms with Crippen molar-refractivity contribution in [2.45, 2.75) is 36.6 Å². The van der Waals surface area contributed by atoms with Crippen LogP contribution in [0.3, 0.4) is 0 Å². The Morgan fingerprint density at radius 3 is 2.39 bits per heavy atom. The molecule has 2 fully saturated rings. The van der Waals surface area contributed by atoms with Gasteiger partial charge in [0.25, 0.3) is 0 Å². The molecule has 0 radical (unpaired) electrons. The molecule has 3 rings (SSSR count). The van der Waals surface area contributed by atoms with Gasteiger partial charge in [-0.05, 0) is 55.9 Å². The van der Waals surface area contributed by atoms with E-state index >= 15 is 0 Å². The van der Waals surface area contributed by atoms with Crippen LogP contribution in [-0.2, 0) is 10.0 Å². The van der Waals surface area contributed by atoms with Gasteiger partial charge in [-0.2, -0.15) is 4.31 Å². The van der Waals surface area contributed by atoms with Crippen molar-refractivity contribution in [3.63, 3.8) is 0 Å². The molecule has 1 unspecified atom stereocenters. The zero-order chi connectivity index (χ0) is 12.8. The fraction of sp³-hybridized carbons (Fsp3) is 0.538. The molecule has 0 amide bonds. The van der Waals surface area contributed by atoms with Crippen LogP contribution in [0.2, 0.25) is 5.02 Å². The lowest BCUT2D eigenvalue weighted by molar-refractivity contribution is 0.356. The first-order chi connectivity index (χ1) is 8.59. The molecule has 1 aliphatic carbocycles. The topological polar surface area (TPSA) is 37.4 Å². The van der Waals surface area contributed by atoms with Crippen LogP contribution in [-0.4, -0.2) is 25.3 Å². The summed E-state index contributed by atoms with van der Waals surface area (Å²) in [7, 11) is -3.33. The number of hydrogen-bond donors (Lipinski definition) is 0. The second-order valence-electron chi connectivity index (χ2n) is 5.12. The van der Waals surface area contributed by atoms with Crippen molar-refractivity contribution >= 4 is 21.6 Å². The average Bonchev–Trinajstić information content (AvgIpc) is 3.07. The number of nitrogens with zero attached hydrogens (tertiary/aromatic N) is 1. The smallest absolute Gasteiger partial charge is 0.207 e. The van der Waals surface area contributed by atoms with Gasteiger partial charge in [0.2, 0.25) is 10.0 Å². The van der Waals surface area contributed by atoms with Gasteiger partial charge in [0.15, 0.2) is 0 Å². The largest absolute Gasteiger partial charge is 0.243 e. The van der Waals surface area contributed by atoms with Gasteiger partial charge in [-0.3, -0.25) is 0 Å². The Bertz CT molecular complexity index is 537. The van der Waals surface area contributed by atoms with Gasteiger partial charge in [0, 0.05) is 17.6 Å². The minimum atomic E-state index is -3.33. The Balaban J connectivity index is 1.91. The fourth-order valence-electron chi connectivity index (χ4n) is 2.76. The van der Waals surface area contributed by atoms with E-state index in [2.05, 4.69) is 0 Å². The Morgan fingerprint density at radius 2 is 1.78 bits per heavy atom. The summed E-state index contributed by atoms with van der Waals surface area (Å²) in [6.07, 6.45) is 4.35. The van der Waals surface area contributed by atoms with Crippen LogP contribution in [0, 0.1) is 5.92 Å². The van der Waals surface area contributed by atoms with Gasteiger partial charge in [-0.15, -0.1) is 0 Å². The molecule has 98 valence electrons. The standard InChI is InChI=1S/C13H16ClNO2S/c14-11-5-7-12(8-6-11)18(16,17)15-9-1-2-13(15)10-3-4-10/h5-8,10,13H,1-4,9H2. The van der Waals surface area contributed by atoms with Crippen molar-refractivity contribution in [2.75, 3.05) is 6.54 Å². The van der Waals surface area contributed by atoms with Gasteiger partial charge < -0.3 is 0 Å². The van der Waals surface area contributed by atoms with Crippen LogP contribution >= 0.6 is 11.6 Å². The van der Waals surface area contributed by atoms with Crippen LogP contribution in [0.25, 0.3) is 0 Å². The highest BCUT2D eigenvalue weighted by Crippen LogP contribution is 2.42. The van der Waals surface area contributed by atoms with Gasteiger partial charge in [0.1, 0.15) is 0 Å². The summed E-state index contributed by atoms with van der Waals surface area (Å²) < 4.78 is 26.8. The molecule has 1 saturated heterocycles. The lowest BCUT2D eigenvalue weighted by Gasteiger charge is -2.23. The zero-order valence-corrected chi connectivity index (χ0v) is 11.6. The van der Waals surface area contributed by atoms with Crippen LogP contribution in [0.4, 0.5) is 0 Å². The van der Waals surface area contributed by atoms with Crippen LogP contribution < -0.4 is 0 Å². The molecular weight excluding hydrogens is 270 g/mol. The summed E-state index contributed by atoms with van der Waals surface area (Å²) in [4.78, 5) is 0.361. The number of rotatable bonds is 3. The quantitative estimate of drug-likeness (QED) is 0.856. The predicted octanol–water partition coefficient (Wildman–Crippen LogP) is 2.90. The van der Waals surface area contributed by atoms with E-state index in [0.29, 0.717) is 22.4 Å². The van der Waals surface area contributed by atoms with Gasteiger partial charge in [0.05, 0.1) is 4.90 Å². The number of benzene rings is 1. The monoisotopic (exact) mass is 285 g/mol. The first-order valence-corrected chi connectivity index (χ1v) is 8.18. The van der Waals surface area contributed by atoms with E-state index in [-0.39, 0.29) is 6.04 Å². The molecule has 1 aromatic carbocycles. The predicted molar refractivity (Wildman–Crippen MR) is 71.1 cm³/mol. The van der Waals surface area contributed by atoms with E-state index in [9.17, 15) is 8.42 Å². The van der Waals surface area contributed by atoms with Gasteiger partial charge >= 0.3 is 0 Å². The Morgan fingerprint density at radius 1 is 1.11 bits per heavy atom. The molecule has 1 aliphatic heterocycles. The molecule has 2 aliphatic rings. The summed E-state index contributed by atoms with van der Waals surface area (Å²) in [6, 6.07) is 6.69. The minimum Gasteiger partial charge on any atom is -0.207 e. The normalized spacial score (nSPS) is 25.5. The zero-order valence-electron chi connectivity index (χ0n) is 10.0. The molecule has 0 N–H and O–H groups in total. The lowest BCUT2D eigenvalue weighted by atomic mass is 10.1. The van der Waals surface area contributed by atoms with E-state index in [1.54, 1.807) is 28.6 Å². The van der Waals surface area contributed by atoms with Crippen LogP contribution in [0.1, 0.15) is 25.7 Å². The van der Waals surface area contributed by atoms with E-state index in [1.807, 2.05) is 0 Å². The second-order valence-corrected chi connectivity index (χ2v) is 7.44. The van der Waals surface area contributed by atoms with Crippen molar-refractivity contribution in [3.8, 4) is 0 Å². The minimum absolute atomic E-state index is 0.227. The maximum Gasteiger partial charge on any atom is 0.243 e. The Hall–Kier alpha value is -0.580. The van der Waals surface area contributed by atoms with Crippen molar-refractivity contribution in [1.29, 1.82) is 0 Å². The van der Waals surface area contributed by atoms with Crippen molar-refractivity contribution in [3.05, 3.63) is 29.3 Å². The first kappa shape index (κ1) is 12.5. The highest BCUT2D eigenvalue weighted by molar-refractivity contribution is 7.89. The Labute approximate surface area is 113 Å². The summed E-state index contributed by atoms with van der Waals surface area (Å²) in [5.74, 6) is 0.592. The molecule has 1 atom stereocenters. The SMILES string of the molecule is O=S(=O)(c1ccc(Cl)cc1)N1CCCC1C1CC1. The highest BCUT2D eigenvalue weighted by Gasteiger charge is 2.43. The molecule has 0 bridgehead atoms. The third-order valence-electron chi connectivity index (χ3n) is 3.83. The third kappa shape index (κ3) is 2.17. The van der Waals surface area contributed by atoms with Crippen molar-refractivity contribution in [1.82, 2.24) is 4.31 Å².